The summed E-state index contributed by atoms with van der Waals surface area (Å²) in [6.07, 6.45) is 5.89. The van der Waals surface area contributed by atoms with Crippen LogP contribution in [0.5, 0.6) is 0 Å². The number of pyridine rings is 1. The molecule has 1 aliphatic carbocycles. The predicted molar refractivity (Wildman–Crippen MR) is 122 cm³/mol. The van der Waals surface area contributed by atoms with Gasteiger partial charge in [-0.15, -0.1) is 0 Å². The van der Waals surface area contributed by atoms with Gasteiger partial charge in [0.2, 0.25) is 5.91 Å². The number of nitrogens with one attached hydrogen (secondary N) is 1. The predicted octanol–water partition coefficient (Wildman–Crippen LogP) is 4.00. The first-order valence-corrected chi connectivity index (χ1v) is 11.5. The number of rotatable bonds is 5. The molecule has 0 bridgehead atoms. The number of piperazine rings is 1. The van der Waals surface area contributed by atoms with Crippen LogP contribution in [0.3, 0.4) is 0 Å². The highest BCUT2D eigenvalue weighted by molar-refractivity contribution is 6.03. The van der Waals surface area contributed by atoms with E-state index in [1.54, 1.807) is 24.4 Å². The van der Waals surface area contributed by atoms with Crippen LogP contribution in [0.2, 0.25) is 0 Å². The highest BCUT2D eigenvalue weighted by Crippen LogP contribution is 2.29. The summed E-state index contributed by atoms with van der Waals surface area (Å²) < 4.78 is 14.4. The maximum Gasteiger partial charge on any atom is 0.274 e. The van der Waals surface area contributed by atoms with Crippen LogP contribution in [-0.4, -0.2) is 52.3 Å². The summed E-state index contributed by atoms with van der Waals surface area (Å²) in [5, 5.41) is 2.79. The summed E-state index contributed by atoms with van der Waals surface area (Å²) in [5.74, 6) is -0.251. The molecule has 0 unspecified atom stereocenters. The number of carbonyl (C=O) groups is 2. The molecule has 1 saturated carbocycles. The van der Waals surface area contributed by atoms with Gasteiger partial charge in [-0.3, -0.25) is 19.5 Å². The molecule has 2 aliphatic rings. The number of amides is 2. The fraction of sp³-hybridized carbons (Fsp3) is 0.480. The van der Waals surface area contributed by atoms with Crippen LogP contribution >= 0.6 is 0 Å². The van der Waals surface area contributed by atoms with E-state index in [1.165, 1.54) is 12.1 Å². The largest absolute Gasteiger partial charge is 0.337 e. The Morgan fingerprint density at radius 1 is 1.19 bits per heavy atom. The molecule has 1 saturated heterocycles. The van der Waals surface area contributed by atoms with E-state index in [4.69, 9.17) is 0 Å². The van der Waals surface area contributed by atoms with Gasteiger partial charge in [-0.05, 0) is 62.1 Å². The number of hydrogen-bond acceptors (Lipinski definition) is 4. The Morgan fingerprint density at radius 2 is 1.97 bits per heavy atom. The van der Waals surface area contributed by atoms with Crippen LogP contribution in [0.25, 0.3) is 0 Å². The van der Waals surface area contributed by atoms with Gasteiger partial charge in [0.15, 0.2) is 0 Å². The van der Waals surface area contributed by atoms with E-state index in [0.29, 0.717) is 24.7 Å². The molecule has 7 heteroatoms. The van der Waals surface area contributed by atoms with Gasteiger partial charge in [0.05, 0.1) is 0 Å². The van der Waals surface area contributed by atoms with E-state index in [-0.39, 0.29) is 29.4 Å². The lowest BCUT2D eigenvalue weighted by Gasteiger charge is -2.41. The zero-order valence-electron chi connectivity index (χ0n) is 18.8. The molecule has 1 aromatic heterocycles. The van der Waals surface area contributed by atoms with Gasteiger partial charge in [-0.2, -0.15) is 0 Å². The average Bonchev–Trinajstić information content (AvgIpc) is 3.32. The first kappa shape index (κ1) is 22.4. The summed E-state index contributed by atoms with van der Waals surface area (Å²) in [4.78, 5) is 33.7. The maximum absolute atomic E-state index is 14.4. The summed E-state index contributed by atoms with van der Waals surface area (Å²) in [7, 11) is 0. The van der Waals surface area contributed by atoms with E-state index in [1.807, 2.05) is 11.8 Å². The van der Waals surface area contributed by atoms with Crippen LogP contribution in [0.1, 0.15) is 54.2 Å². The minimum absolute atomic E-state index is 0.133. The molecule has 2 fully saturated rings. The van der Waals surface area contributed by atoms with Crippen molar-refractivity contribution < 1.29 is 14.0 Å². The van der Waals surface area contributed by atoms with E-state index in [2.05, 4.69) is 22.1 Å². The number of anilines is 1. The van der Waals surface area contributed by atoms with Crippen molar-refractivity contribution in [2.75, 3.05) is 25.0 Å². The molecule has 170 valence electrons. The molecule has 1 atom stereocenters. The Kier molecular flexibility index (Phi) is 6.84. The number of aromatic nitrogens is 1. The second kappa shape index (κ2) is 9.77. The molecular weight excluding hydrogens is 407 g/mol. The van der Waals surface area contributed by atoms with E-state index in [9.17, 15) is 14.0 Å². The summed E-state index contributed by atoms with van der Waals surface area (Å²) in [6, 6.07) is 8.12. The third-order valence-electron chi connectivity index (χ3n) is 6.72. The number of nitrogens with zero attached hydrogens (tertiary/aromatic N) is 3. The Labute approximate surface area is 188 Å². The topological polar surface area (TPSA) is 65.5 Å². The minimum Gasteiger partial charge on any atom is -0.337 e. The number of hydrogen-bond donors (Lipinski definition) is 1. The van der Waals surface area contributed by atoms with Crippen molar-refractivity contribution in [1.29, 1.82) is 0 Å². The van der Waals surface area contributed by atoms with Gasteiger partial charge in [0, 0.05) is 50.0 Å². The quantitative estimate of drug-likeness (QED) is 0.766. The third kappa shape index (κ3) is 4.99. The second-order valence-corrected chi connectivity index (χ2v) is 9.00. The molecule has 6 nitrogen and oxygen atoms in total. The Hall–Kier alpha value is -2.80. The molecule has 4 rings (SSSR count). The zero-order valence-corrected chi connectivity index (χ0v) is 18.8. The second-order valence-electron chi connectivity index (χ2n) is 9.00. The van der Waals surface area contributed by atoms with Crippen LogP contribution in [0, 0.1) is 18.7 Å². The van der Waals surface area contributed by atoms with Crippen molar-refractivity contribution in [2.45, 2.75) is 52.1 Å². The molecule has 1 N–H and O–H groups in total. The van der Waals surface area contributed by atoms with Crippen molar-refractivity contribution in [3.63, 3.8) is 0 Å². The molecule has 32 heavy (non-hydrogen) atoms. The lowest BCUT2D eigenvalue weighted by molar-refractivity contribution is -0.140. The lowest BCUT2D eigenvalue weighted by Crippen LogP contribution is -2.54. The van der Waals surface area contributed by atoms with Crippen LogP contribution < -0.4 is 5.32 Å². The monoisotopic (exact) mass is 438 g/mol. The number of benzene rings is 1. The molecule has 2 aromatic rings. The van der Waals surface area contributed by atoms with Gasteiger partial charge in [-0.1, -0.05) is 18.9 Å². The van der Waals surface area contributed by atoms with E-state index < -0.39 is 0 Å². The Morgan fingerprint density at radius 3 is 2.66 bits per heavy atom. The van der Waals surface area contributed by atoms with Gasteiger partial charge in [-0.25, -0.2) is 4.39 Å². The Bertz CT molecular complexity index is 975. The smallest absolute Gasteiger partial charge is 0.274 e. The Balaban J connectivity index is 1.42. The molecule has 2 heterocycles. The normalized spacial score (nSPS) is 19.8. The minimum atomic E-state index is -0.384. The first-order chi connectivity index (χ1) is 15.4. The van der Waals surface area contributed by atoms with Crippen molar-refractivity contribution in [3.8, 4) is 0 Å². The van der Waals surface area contributed by atoms with Gasteiger partial charge < -0.3 is 10.2 Å². The fourth-order valence-corrected chi connectivity index (χ4v) is 4.87. The highest BCUT2D eigenvalue weighted by Gasteiger charge is 2.33. The molecule has 1 aliphatic heterocycles. The zero-order chi connectivity index (χ0) is 22.7. The number of halogens is 1. The van der Waals surface area contributed by atoms with Crippen LogP contribution in [0.15, 0.2) is 36.5 Å². The molecule has 0 spiro atoms. The lowest BCUT2D eigenvalue weighted by atomic mass is 10.0. The number of carbonyl (C=O) groups excluding carboxylic acids is 2. The molecular formula is C25H31FN4O2. The van der Waals surface area contributed by atoms with E-state index >= 15 is 0 Å². The van der Waals surface area contributed by atoms with E-state index in [0.717, 1.165) is 49.9 Å². The maximum atomic E-state index is 14.4. The van der Waals surface area contributed by atoms with Gasteiger partial charge >= 0.3 is 0 Å². The standard InChI is InChI=1S/C25H31FN4O2/c1-17-15-29(11-12-30(17)25(32)19-7-3-4-8-19)16-20-13-21(26)14-23(18(20)2)28-24(31)22-9-5-6-10-27-22/h5-6,9-10,13-14,17,19H,3-4,7-8,11-12,15-16H2,1-2H3,(H,28,31)/t17-/m0/s1. The van der Waals surface area contributed by atoms with Crippen molar-refractivity contribution in [3.05, 3.63) is 59.2 Å². The van der Waals surface area contributed by atoms with Crippen molar-refractivity contribution in [1.82, 2.24) is 14.8 Å². The van der Waals surface area contributed by atoms with Crippen LogP contribution in [-0.2, 0) is 11.3 Å². The molecule has 0 radical (unpaired) electrons. The molecule has 1 aromatic carbocycles. The highest BCUT2D eigenvalue weighted by atomic mass is 19.1. The first-order valence-electron chi connectivity index (χ1n) is 11.5. The third-order valence-corrected chi connectivity index (χ3v) is 6.72. The summed E-state index contributed by atoms with van der Waals surface area (Å²) in [5.41, 5.74) is 2.42. The SMILES string of the molecule is Cc1c(CN2CCN(C(=O)C3CCCC3)[C@@H](C)C2)cc(F)cc1NC(=O)c1ccccn1. The average molecular weight is 439 g/mol. The van der Waals surface area contributed by atoms with Crippen molar-refractivity contribution in [2.24, 2.45) is 5.92 Å². The van der Waals surface area contributed by atoms with Gasteiger partial charge in [0.1, 0.15) is 11.5 Å². The summed E-state index contributed by atoms with van der Waals surface area (Å²) >= 11 is 0. The molecule has 2 amide bonds. The van der Waals surface area contributed by atoms with Crippen LogP contribution in [0.4, 0.5) is 10.1 Å². The summed E-state index contributed by atoms with van der Waals surface area (Å²) in [6.45, 7) is 6.78. The fourth-order valence-electron chi connectivity index (χ4n) is 4.87. The van der Waals surface area contributed by atoms with Crippen molar-refractivity contribution >= 4 is 17.5 Å². The van der Waals surface area contributed by atoms with Gasteiger partial charge in [0.25, 0.3) is 5.91 Å².